The molecule has 2 saturated heterocycles. The Morgan fingerprint density at radius 1 is 1.27 bits per heavy atom. The third-order valence-corrected chi connectivity index (χ3v) is 5.32. The molecule has 7 nitrogen and oxygen atoms in total. The van der Waals surface area contributed by atoms with E-state index in [-0.39, 0.29) is 12.1 Å². The van der Waals surface area contributed by atoms with Crippen LogP contribution < -0.4 is 5.32 Å². The molecule has 1 amide bonds. The molecular formula is C19H35N5O2. The molecule has 2 atom stereocenters. The van der Waals surface area contributed by atoms with Gasteiger partial charge >= 0.3 is 6.09 Å². The molecule has 0 spiro atoms. The third kappa shape index (κ3) is 4.81. The number of guanidine groups is 1. The van der Waals surface area contributed by atoms with Crippen molar-refractivity contribution in [1.82, 2.24) is 20.0 Å². The van der Waals surface area contributed by atoms with Crippen LogP contribution >= 0.6 is 0 Å². The fourth-order valence-electron chi connectivity index (χ4n) is 4.06. The summed E-state index contributed by atoms with van der Waals surface area (Å²) >= 11 is 0. The average molecular weight is 366 g/mol. The molecule has 3 rings (SSSR count). The van der Waals surface area contributed by atoms with Crippen LogP contribution in [0.4, 0.5) is 4.79 Å². The third-order valence-electron chi connectivity index (χ3n) is 5.32. The van der Waals surface area contributed by atoms with Crippen LogP contribution in [-0.4, -0.2) is 90.8 Å². The number of nitrogens with zero attached hydrogens (tertiary/aromatic N) is 4. The molecule has 2 fully saturated rings. The van der Waals surface area contributed by atoms with Crippen LogP contribution in [0, 0.1) is 5.92 Å². The molecule has 0 saturated carbocycles. The number of carbonyl (C=O) groups excluding carboxylic acids is 1. The van der Waals surface area contributed by atoms with Gasteiger partial charge < -0.3 is 24.8 Å². The summed E-state index contributed by atoms with van der Waals surface area (Å²) in [5.41, 5.74) is -0.444. The molecule has 3 aliphatic heterocycles. The van der Waals surface area contributed by atoms with E-state index < -0.39 is 5.60 Å². The number of rotatable bonds is 4. The molecule has 0 aromatic carbocycles. The number of fused-ring (bicyclic) bond motifs is 1. The number of hydrogen-bond acceptors (Lipinski definition) is 6. The summed E-state index contributed by atoms with van der Waals surface area (Å²) in [6.45, 7) is 15.6. The first kappa shape index (κ1) is 19.3. The van der Waals surface area contributed by atoms with Crippen molar-refractivity contribution in [2.24, 2.45) is 10.9 Å². The topological polar surface area (TPSA) is 60.4 Å². The van der Waals surface area contributed by atoms with E-state index in [1.54, 1.807) is 0 Å². The number of piperazine rings is 1. The number of ether oxygens (including phenoxy) is 1. The van der Waals surface area contributed by atoms with E-state index >= 15 is 0 Å². The standard InChI is InChI=1S/C19H35N5O2/c1-5-7-22-8-6-15(13-22)11-20-17-21-12-16-14-23(9-10-24(16)17)18(25)26-19(2,3)4/h15-16H,5-14H2,1-4H3,(H,20,21). The molecular weight excluding hydrogens is 330 g/mol. The van der Waals surface area contributed by atoms with Crippen molar-refractivity contribution < 1.29 is 9.53 Å². The average Bonchev–Trinajstić information content (AvgIpc) is 3.17. The number of likely N-dealkylation sites (tertiary alicyclic amines) is 1. The van der Waals surface area contributed by atoms with E-state index in [9.17, 15) is 4.79 Å². The summed E-state index contributed by atoms with van der Waals surface area (Å²) in [6.07, 6.45) is 2.30. The van der Waals surface area contributed by atoms with Crippen molar-refractivity contribution >= 4 is 12.1 Å². The molecule has 3 heterocycles. The predicted octanol–water partition coefficient (Wildman–Crippen LogP) is 1.60. The highest BCUT2D eigenvalue weighted by atomic mass is 16.6. The first-order valence-corrected chi connectivity index (χ1v) is 10.1. The highest BCUT2D eigenvalue weighted by molar-refractivity contribution is 5.82. The SMILES string of the molecule is CCCN1CCC(CNC2=NCC3CN(C(=O)OC(C)(C)C)CCN23)C1. The van der Waals surface area contributed by atoms with Crippen LogP contribution in [0.25, 0.3) is 0 Å². The second-order valence-electron chi connectivity index (χ2n) is 8.77. The lowest BCUT2D eigenvalue weighted by Gasteiger charge is -2.39. The van der Waals surface area contributed by atoms with Gasteiger partial charge in [-0.1, -0.05) is 6.92 Å². The summed E-state index contributed by atoms with van der Waals surface area (Å²) in [5.74, 6) is 1.74. The molecule has 2 unspecified atom stereocenters. The second-order valence-corrected chi connectivity index (χ2v) is 8.77. The van der Waals surface area contributed by atoms with E-state index in [1.807, 2.05) is 25.7 Å². The Labute approximate surface area is 157 Å². The minimum absolute atomic E-state index is 0.208. The summed E-state index contributed by atoms with van der Waals surface area (Å²) < 4.78 is 5.51. The Morgan fingerprint density at radius 3 is 2.81 bits per heavy atom. The summed E-state index contributed by atoms with van der Waals surface area (Å²) in [7, 11) is 0. The Hall–Kier alpha value is -1.50. The van der Waals surface area contributed by atoms with Gasteiger partial charge in [-0.25, -0.2) is 4.79 Å². The van der Waals surface area contributed by atoms with Crippen LogP contribution in [0.2, 0.25) is 0 Å². The Balaban J connectivity index is 1.43. The first-order chi connectivity index (χ1) is 12.4. The fraction of sp³-hybridized carbons (Fsp3) is 0.895. The van der Waals surface area contributed by atoms with Crippen LogP contribution in [0.5, 0.6) is 0 Å². The van der Waals surface area contributed by atoms with E-state index in [4.69, 9.17) is 9.73 Å². The van der Waals surface area contributed by atoms with Crippen molar-refractivity contribution in [1.29, 1.82) is 0 Å². The highest BCUT2D eigenvalue weighted by Crippen LogP contribution is 2.20. The smallest absolute Gasteiger partial charge is 0.410 e. The van der Waals surface area contributed by atoms with Crippen LogP contribution in [-0.2, 0) is 4.74 Å². The normalized spacial score (nSPS) is 26.7. The van der Waals surface area contributed by atoms with Gasteiger partial charge in [0.15, 0.2) is 5.96 Å². The Bertz CT molecular complexity index is 531. The van der Waals surface area contributed by atoms with Crippen LogP contribution in [0.15, 0.2) is 4.99 Å². The highest BCUT2D eigenvalue weighted by Gasteiger charge is 2.36. The largest absolute Gasteiger partial charge is 0.444 e. The number of nitrogens with one attached hydrogen (secondary N) is 1. The van der Waals surface area contributed by atoms with Gasteiger partial charge in [-0.3, -0.25) is 4.99 Å². The molecule has 0 aromatic heterocycles. The molecule has 1 N–H and O–H groups in total. The van der Waals surface area contributed by atoms with Gasteiger partial charge in [0.2, 0.25) is 0 Å². The lowest BCUT2D eigenvalue weighted by Crippen LogP contribution is -2.57. The lowest BCUT2D eigenvalue weighted by molar-refractivity contribution is 0.0137. The van der Waals surface area contributed by atoms with Gasteiger partial charge in [0.1, 0.15) is 5.60 Å². The Morgan fingerprint density at radius 2 is 2.08 bits per heavy atom. The number of carbonyl (C=O) groups is 1. The van der Waals surface area contributed by atoms with Crippen molar-refractivity contribution in [3.63, 3.8) is 0 Å². The number of hydrogen-bond donors (Lipinski definition) is 1. The quantitative estimate of drug-likeness (QED) is 0.820. The van der Waals surface area contributed by atoms with E-state index in [1.165, 1.54) is 32.5 Å². The maximum Gasteiger partial charge on any atom is 0.410 e. The second kappa shape index (κ2) is 8.03. The lowest BCUT2D eigenvalue weighted by atomic mass is 10.1. The zero-order valence-electron chi connectivity index (χ0n) is 16.8. The summed E-state index contributed by atoms with van der Waals surface area (Å²) in [4.78, 5) is 23.7. The summed E-state index contributed by atoms with van der Waals surface area (Å²) in [6, 6.07) is 0.277. The van der Waals surface area contributed by atoms with E-state index in [0.29, 0.717) is 19.0 Å². The van der Waals surface area contributed by atoms with Gasteiger partial charge in [-0.2, -0.15) is 0 Å². The van der Waals surface area contributed by atoms with Gasteiger partial charge in [-0.15, -0.1) is 0 Å². The maximum absolute atomic E-state index is 12.3. The monoisotopic (exact) mass is 365 g/mol. The van der Waals surface area contributed by atoms with Crippen LogP contribution in [0.1, 0.15) is 40.5 Å². The van der Waals surface area contributed by atoms with E-state index in [0.717, 1.165) is 25.6 Å². The summed E-state index contributed by atoms with van der Waals surface area (Å²) in [5, 5.41) is 3.58. The van der Waals surface area contributed by atoms with Crippen LogP contribution in [0.3, 0.4) is 0 Å². The van der Waals surface area contributed by atoms with Crippen molar-refractivity contribution in [3.05, 3.63) is 0 Å². The predicted molar refractivity (Wildman–Crippen MR) is 103 cm³/mol. The van der Waals surface area contributed by atoms with Gasteiger partial charge in [0, 0.05) is 32.7 Å². The van der Waals surface area contributed by atoms with Gasteiger partial charge in [0.25, 0.3) is 0 Å². The van der Waals surface area contributed by atoms with Crippen molar-refractivity contribution in [3.8, 4) is 0 Å². The minimum atomic E-state index is -0.444. The molecule has 7 heteroatoms. The fourth-order valence-corrected chi connectivity index (χ4v) is 4.06. The molecule has 148 valence electrons. The zero-order valence-corrected chi connectivity index (χ0v) is 16.8. The van der Waals surface area contributed by atoms with E-state index in [2.05, 4.69) is 22.0 Å². The number of amides is 1. The molecule has 0 bridgehead atoms. The maximum atomic E-state index is 12.3. The molecule has 0 aromatic rings. The Kier molecular flexibility index (Phi) is 5.95. The van der Waals surface area contributed by atoms with Crippen molar-refractivity contribution in [2.75, 3.05) is 52.4 Å². The molecule has 26 heavy (non-hydrogen) atoms. The van der Waals surface area contributed by atoms with Crippen molar-refractivity contribution in [2.45, 2.75) is 52.2 Å². The molecule has 0 radical (unpaired) electrons. The minimum Gasteiger partial charge on any atom is -0.444 e. The zero-order chi connectivity index (χ0) is 18.7. The van der Waals surface area contributed by atoms with Gasteiger partial charge in [-0.05, 0) is 52.6 Å². The first-order valence-electron chi connectivity index (χ1n) is 10.1. The molecule has 0 aliphatic carbocycles. The molecule has 3 aliphatic rings. The van der Waals surface area contributed by atoms with Gasteiger partial charge in [0.05, 0.1) is 12.6 Å². The number of aliphatic imine (C=N–C) groups is 1.